The number of hydrogen-bond donors (Lipinski definition) is 4. The predicted octanol–water partition coefficient (Wildman–Crippen LogP) is 0.644. The molecule has 0 amide bonds. The zero-order valence-electron chi connectivity index (χ0n) is 11.0. The monoisotopic (exact) mass is 266 g/mol. The number of nitrogens with one attached hydrogen (secondary N) is 1. The molecule has 5 heteroatoms. The van der Waals surface area contributed by atoms with Gasteiger partial charge in [0.2, 0.25) is 0 Å². The normalized spacial score (nSPS) is 19.2. The molecule has 1 aliphatic rings. The van der Waals surface area contributed by atoms with Gasteiger partial charge in [-0.05, 0) is 25.5 Å². The molecule has 0 bridgehead atoms. The highest BCUT2D eigenvalue weighted by atomic mass is 16.3. The number of benzene rings is 1. The number of hydrogen-bond acceptors (Lipinski definition) is 5. The molecule has 0 radical (unpaired) electrons. The van der Waals surface area contributed by atoms with E-state index in [1.807, 2.05) is 0 Å². The van der Waals surface area contributed by atoms with Crippen molar-refractivity contribution in [2.45, 2.75) is 25.4 Å². The van der Waals surface area contributed by atoms with Gasteiger partial charge in [0.25, 0.3) is 0 Å². The second-order valence-corrected chi connectivity index (χ2v) is 5.07. The van der Waals surface area contributed by atoms with Crippen molar-refractivity contribution in [3.05, 3.63) is 23.8 Å². The molecule has 106 valence electrons. The smallest absolute Gasteiger partial charge is 0.123 e. The van der Waals surface area contributed by atoms with Crippen LogP contribution in [0, 0.1) is 0 Å². The van der Waals surface area contributed by atoms with Crippen LogP contribution >= 0.6 is 0 Å². The van der Waals surface area contributed by atoms with Gasteiger partial charge >= 0.3 is 0 Å². The number of rotatable bonds is 6. The fourth-order valence-electron chi connectivity index (χ4n) is 2.53. The molecule has 1 fully saturated rings. The summed E-state index contributed by atoms with van der Waals surface area (Å²) < 4.78 is 0. The Hall–Kier alpha value is -1.30. The first kappa shape index (κ1) is 14.1. The molecule has 0 aliphatic carbocycles. The molecule has 0 aromatic heterocycles. The third-order valence-electron chi connectivity index (χ3n) is 3.52. The topological polar surface area (TPSA) is 76.0 Å². The van der Waals surface area contributed by atoms with Gasteiger partial charge in [0, 0.05) is 37.3 Å². The first-order valence-electron chi connectivity index (χ1n) is 6.76. The van der Waals surface area contributed by atoms with Gasteiger partial charge in [0.05, 0.1) is 6.61 Å². The van der Waals surface area contributed by atoms with Gasteiger partial charge in [0.15, 0.2) is 0 Å². The summed E-state index contributed by atoms with van der Waals surface area (Å²) in [7, 11) is 0. The van der Waals surface area contributed by atoms with Gasteiger partial charge in [-0.3, -0.25) is 4.90 Å². The fourth-order valence-corrected chi connectivity index (χ4v) is 2.53. The molecule has 1 aromatic carbocycles. The summed E-state index contributed by atoms with van der Waals surface area (Å²) in [6, 6.07) is 5.10. The van der Waals surface area contributed by atoms with E-state index in [2.05, 4.69) is 10.2 Å². The zero-order chi connectivity index (χ0) is 13.7. The number of aromatic hydroxyl groups is 2. The maximum atomic E-state index is 9.80. The van der Waals surface area contributed by atoms with E-state index in [1.165, 1.54) is 12.5 Å². The van der Waals surface area contributed by atoms with Crippen LogP contribution in [0.25, 0.3) is 0 Å². The summed E-state index contributed by atoms with van der Waals surface area (Å²) in [5.41, 5.74) is 0.768. The van der Waals surface area contributed by atoms with Crippen LogP contribution in [0.4, 0.5) is 0 Å². The molecule has 5 nitrogen and oxygen atoms in total. The van der Waals surface area contributed by atoms with Gasteiger partial charge in [-0.25, -0.2) is 0 Å². The van der Waals surface area contributed by atoms with Gasteiger partial charge < -0.3 is 20.6 Å². The second-order valence-electron chi connectivity index (χ2n) is 5.07. The predicted molar refractivity (Wildman–Crippen MR) is 73.2 cm³/mol. The third-order valence-corrected chi connectivity index (χ3v) is 3.52. The van der Waals surface area contributed by atoms with E-state index >= 15 is 0 Å². The fraction of sp³-hybridized carbons (Fsp3) is 0.571. The Morgan fingerprint density at radius 1 is 1.32 bits per heavy atom. The van der Waals surface area contributed by atoms with Gasteiger partial charge in [-0.15, -0.1) is 0 Å². The number of phenolic OH excluding ortho intramolecular Hbond substituents is 2. The molecule has 0 saturated carbocycles. The van der Waals surface area contributed by atoms with Crippen molar-refractivity contribution in [3.8, 4) is 11.5 Å². The first-order chi connectivity index (χ1) is 9.19. The number of aliphatic hydroxyl groups excluding tert-OH is 1. The Bertz CT molecular complexity index is 406. The molecule has 1 aliphatic heterocycles. The second kappa shape index (κ2) is 6.75. The number of aliphatic hydroxyl groups is 1. The lowest BCUT2D eigenvalue weighted by Gasteiger charge is -2.25. The molecule has 19 heavy (non-hydrogen) atoms. The van der Waals surface area contributed by atoms with Crippen LogP contribution in [-0.2, 0) is 6.54 Å². The van der Waals surface area contributed by atoms with Crippen LogP contribution in [0.5, 0.6) is 11.5 Å². The highest BCUT2D eigenvalue weighted by molar-refractivity contribution is 5.38. The number of nitrogens with zero attached hydrogens (tertiary/aromatic N) is 1. The minimum absolute atomic E-state index is 0.0624. The molecule has 2 rings (SSSR count). The van der Waals surface area contributed by atoms with E-state index in [-0.39, 0.29) is 18.1 Å². The van der Waals surface area contributed by atoms with Crippen LogP contribution in [0.15, 0.2) is 18.2 Å². The molecule has 1 atom stereocenters. The quantitative estimate of drug-likeness (QED) is 0.608. The molecule has 0 spiro atoms. The molecule has 1 aromatic rings. The van der Waals surface area contributed by atoms with Crippen LogP contribution in [-0.4, -0.2) is 52.5 Å². The van der Waals surface area contributed by atoms with Crippen molar-refractivity contribution >= 4 is 0 Å². The summed E-state index contributed by atoms with van der Waals surface area (Å²) in [6.07, 6.45) is 2.35. The van der Waals surface area contributed by atoms with Crippen LogP contribution in [0.1, 0.15) is 18.4 Å². The minimum Gasteiger partial charge on any atom is -0.508 e. The summed E-state index contributed by atoms with van der Waals surface area (Å²) in [4.78, 5) is 2.12. The van der Waals surface area contributed by atoms with Gasteiger partial charge in [-0.2, -0.15) is 0 Å². The molecule has 1 unspecified atom stereocenters. The van der Waals surface area contributed by atoms with E-state index in [1.54, 1.807) is 12.1 Å². The molecule has 1 saturated heterocycles. The van der Waals surface area contributed by atoms with E-state index < -0.39 is 0 Å². The van der Waals surface area contributed by atoms with Crippen molar-refractivity contribution in [2.24, 2.45) is 0 Å². The van der Waals surface area contributed by atoms with Crippen LogP contribution in [0.3, 0.4) is 0 Å². The van der Waals surface area contributed by atoms with Gasteiger partial charge in [0.1, 0.15) is 11.5 Å². The molecular weight excluding hydrogens is 244 g/mol. The Labute approximate surface area is 113 Å². The zero-order valence-corrected chi connectivity index (χ0v) is 11.0. The lowest BCUT2D eigenvalue weighted by atomic mass is 10.1. The minimum atomic E-state index is 0.0624. The average molecular weight is 266 g/mol. The Morgan fingerprint density at radius 2 is 2.16 bits per heavy atom. The first-order valence-corrected chi connectivity index (χ1v) is 6.76. The van der Waals surface area contributed by atoms with E-state index in [0.717, 1.165) is 25.1 Å². The Balaban J connectivity index is 1.98. The maximum Gasteiger partial charge on any atom is 0.123 e. The lowest BCUT2D eigenvalue weighted by Crippen LogP contribution is -2.38. The lowest BCUT2D eigenvalue weighted by molar-refractivity contribution is 0.178. The summed E-state index contributed by atoms with van der Waals surface area (Å²) in [5.74, 6) is 0.162. The largest absolute Gasteiger partial charge is 0.508 e. The summed E-state index contributed by atoms with van der Waals surface area (Å²) in [6.45, 7) is 3.18. The van der Waals surface area contributed by atoms with Crippen molar-refractivity contribution < 1.29 is 15.3 Å². The average Bonchev–Trinajstić information content (AvgIpc) is 2.86. The SMILES string of the molecule is OCCN(Cc1ccc(O)cc1O)CC1CCCN1. The maximum absolute atomic E-state index is 9.80. The van der Waals surface area contributed by atoms with Crippen LogP contribution < -0.4 is 5.32 Å². The molecular formula is C14H22N2O3. The standard InChI is InChI=1S/C14H22N2O3/c17-7-6-16(10-12-2-1-5-15-12)9-11-3-4-13(18)8-14(11)19/h3-4,8,12,15,17-19H,1-2,5-7,9-10H2. The van der Waals surface area contributed by atoms with E-state index in [4.69, 9.17) is 5.11 Å². The molecule has 1 heterocycles. The van der Waals surface area contributed by atoms with Crippen molar-refractivity contribution in [1.29, 1.82) is 0 Å². The Kier molecular flexibility index (Phi) is 5.01. The Morgan fingerprint density at radius 3 is 2.79 bits per heavy atom. The summed E-state index contributed by atoms with van der Waals surface area (Å²) >= 11 is 0. The highest BCUT2D eigenvalue weighted by Gasteiger charge is 2.18. The van der Waals surface area contributed by atoms with E-state index in [0.29, 0.717) is 19.1 Å². The van der Waals surface area contributed by atoms with Crippen molar-refractivity contribution in [3.63, 3.8) is 0 Å². The van der Waals surface area contributed by atoms with E-state index in [9.17, 15) is 10.2 Å². The van der Waals surface area contributed by atoms with Crippen molar-refractivity contribution in [1.82, 2.24) is 10.2 Å². The van der Waals surface area contributed by atoms with Crippen molar-refractivity contribution in [2.75, 3.05) is 26.2 Å². The number of phenols is 2. The molecule has 4 N–H and O–H groups in total. The van der Waals surface area contributed by atoms with Crippen LogP contribution in [0.2, 0.25) is 0 Å². The third kappa shape index (κ3) is 4.09. The summed E-state index contributed by atoms with van der Waals surface area (Å²) in [5, 5.41) is 31.7. The highest BCUT2D eigenvalue weighted by Crippen LogP contribution is 2.24. The van der Waals surface area contributed by atoms with Gasteiger partial charge in [-0.1, -0.05) is 6.07 Å².